The SMILES string of the molecule is COc1ccccc1-c1nc(Br)[nH]c1CCN. The quantitative estimate of drug-likeness (QED) is 0.910. The predicted octanol–water partition coefficient (Wildman–Crippen LogP) is 2.35. The van der Waals surface area contributed by atoms with E-state index in [2.05, 4.69) is 25.9 Å². The number of hydrogen-bond acceptors (Lipinski definition) is 3. The van der Waals surface area contributed by atoms with Crippen molar-refractivity contribution in [2.24, 2.45) is 5.73 Å². The molecule has 0 aliphatic heterocycles. The summed E-state index contributed by atoms with van der Waals surface area (Å²) in [6, 6.07) is 7.81. The zero-order valence-electron chi connectivity index (χ0n) is 9.53. The Morgan fingerprint density at radius 3 is 2.88 bits per heavy atom. The number of nitrogens with one attached hydrogen (secondary N) is 1. The largest absolute Gasteiger partial charge is 0.496 e. The molecule has 1 aromatic heterocycles. The zero-order valence-corrected chi connectivity index (χ0v) is 11.1. The normalized spacial score (nSPS) is 10.5. The molecule has 0 spiro atoms. The number of imidazole rings is 1. The first-order chi connectivity index (χ1) is 8.26. The molecule has 0 aliphatic carbocycles. The van der Waals surface area contributed by atoms with Crippen LogP contribution >= 0.6 is 15.9 Å². The summed E-state index contributed by atoms with van der Waals surface area (Å²) in [6.45, 7) is 0.580. The van der Waals surface area contributed by atoms with E-state index in [1.165, 1.54) is 0 Å². The Balaban J connectivity index is 2.51. The number of ether oxygens (including phenoxy) is 1. The number of aromatic amines is 1. The number of H-pyrrole nitrogens is 1. The van der Waals surface area contributed by atoms with Gasteiger partial charge in [-0.15, -0.1) is 0 Å². The van der Waals surface area contributed by atoms with Crippen LogP contribution in [0.1, 0.15) is 5.69 Å². The molecule has 2 rings (SSSR count). The summed E-state index contributed by atoms with van der Waals surface area (Å²) in [5.74, 6) is 0.810. The maximum atomic E-state index is 5.59. The minimum Gasteiger partial charge on any atom is -0.496 e. The van der Waals surface area contributed by atoms with Crippen molar-refractivity contribution in [1.29, 1.82) is 0 Å². The van der Waals surface area contributed by atoms with Gasteiger partial charge in [0.25, 0.3) is 0 Å². The Kier molecular flexibility index (Phi) is 3.81. The van der Waals surface area contributed by atoms with Crippen molar-refractivity contribution in [3.63, 3.8) is 0 Å². The van der Waals surface area contributed by atoms with Crippen LogP contribution in [0, 0.1) is 0 Å². The van der Waals surface area contributed by atoms with Crippen LogP contribution in [-0.2, 0) is 6.42 Å². The molecule has 0 saturated carbocycles. The lowest BCUT2D eigenvalue weighted by Gasteiger charge is -2.07. The third kappa shape index (κ3) is 2.50. The molecule has 0 fully saturated rings. The van der Waals surface area contributed by atoms with Gasteiger partial charge in [0.2, 0.25) is 0 Å². The summed E-state index contributed by atoms with van der Waals surface area (Å²) in [5.41, 5.74) is 8.47. The number of aromatic nitrogens is 2. The highest BCUT2D eigenvalue weighted by Crippen LogP contribution is 2.31. The number of halogens is 1. The van der Waals surface area contributed by atoms with Crippen LogP contribution in [0.25, 0.3) is 11.3 Å². The van der Waals surface area contributed by atoms with Crippen molar-refractivity contribution >= 4 is 15.9 Å². The highest BCUT2D eigenvalue weighted by atomic mass is 79.9. The summed E-state index contributed by atoms with van der Waals surface area (Å²) in [7, 11) is 1.66. The molecule has 1 heterocycles. The van der Waals surface area contributed by atoms with E-state index in [1.807, 2.05) is 24.3 Å². The van der Waals surface area contributed by atoms with E-state index in [1.54, 1.807) is 7.11 Å². The predicted molar refractivity (Wildman–Crippen MR) is 71.0 cm³/mol. The van der Waals surface area contributed by atoms with Crippen LogP contribution in [0.4, 0.5) is 0 Å². The van der Waals surface area contributed by atoms with E-state index < -0.39 is 0 Å². The molecule has 0 atom stereocenters. The smallest absolute Gasteiger partial charge is 0.175 e. The van der Waals surface area contributed by atoms with E-state index in [0.29, 0.717) is 11.3 Å². The number of hydrogen-bond donors (Lipinski definition) is 2. The first kappa shape index (κ1) is 12.1. The zero-order chi connectivity index (χ0) is 12.3. The summed E-state index contributed by atoms with van der Waals surface area (Å²) in [4.78, 5) is 7.60. The fourth-order valence-electron chi connectivity index (χ4n) is 1.77. The fourth-order valence-corrected chi connectivity index (χ4v) is 2.18. The molecular weight excluding hydrogens is 282 g/mol. The second-order valence-corrected chi connectivity index (χ2v) is 4.34. The Morgan fingerprint density at radius 1 is 1.41 bits per heavy atom. The van der Waals surface area contributed by atoms with Gasteiger partial charge in [-0.25, -0.2) is 4.98 Å². The van der Waals surface area contributed by atoms with Gasteiger partial charge < -0.3 is 15.5 Å². The van der Waals surface area contributed by atoms with Crippen LogP contribution in [0.5, 0.6) is 5.75 Å². The van der Waals surface area contributed by atoms with Crippen molar-refractivity contribution in [3.8, 4) is 17.0 Å². The lowest BCUT2D eigenvalue weighted by atomic mass is 10.1. The Bertz CT molecular complexity index is 510. The topological polar surface area (TPSA) is 63.9 Å². The first-order valence-electron chi connectivity index (χ1n) is 5.34. The minimum absolute atomic E-state index is 0.580. The van der Waals surface area contributed by atoms with Gasteiger partial charge in [0.05, 0.1) is 12.8 Å². The summed E-state index contributed by atoms with van der Waals surface area (Å²) >= 11 is 3.35. The van der Waals surface area contributed by atoms with E-state index in [-0.39, 0.29) is 0 Å². The van der Waals surface area contributed by atoms with Gasteiger partial charge >= 0.3 is 0 Å². The summed E-state index contributed by atoms with van der Waals surface area (Å²) in [5, 5.41) is 0. The highest BCUT2D eigenvalue weighted by Gasteiger charge is 2.14. The molecule has 0 radical (unpaired) electrons. The van der Waals surface area contributed by atoms with Gasteiger partial charge in [0.15, 0.2) is 4.73 Å². The molecule has 3 N–H and O–H groups in total. The summed E-state index contributed by atoms with van der Waals surface area (Å²) < 4.78 is 6.05. The van der Waals surface area contributed by atoms with Crippen molar-refractivity contribution < 1.29 is 4.74 Å². The maximum Gasteiger partial charge on any atom is 0.175 e. The molecule has 1 aromatic carbocycles. The van der Waals surface area contributed by atoms with Crippen LogP contribution in [-0.4, -0.2) is 23.6 Å². The molecule has 0 aliphatic rings. The monoisotopic (exact) mass is 295 g/mol. The lowest BCUT2D eigenvalue weighted by molar-refractivity contribution is 0.416. The van der Waals surface area contributed by atoms with Crippen LogP contribution in [0.15, 0.2) is 29.0 Å². The molecule has 4 nitrogen and oxygen atoms in total. The van der Waals surface area contributed by atoms with Crippen molar-refractivity contribution in [1.82, 2.24) is 9.97 Å². The van der Waals surface area contributed by atoms with E-state index in [9.17, 15) is 0 Å². The fraction of sp³-hybridized carbons (Fsp3) is 0.250. The average Bonchev–Trinajstić information content (AvgIpc) is 2.71. The maximum absolute atomic E-state index is 5.59. The van der Waals surface area contributed by atoms with Crippen molar-refractivity contribution in [2.75, 3.05) is 13.7 Å². The number of rotatable bonds is 4. The van der Waals surface area contributed by atoms with Crippen molar-refractivity contribution in [3.05, 3.63) is 34.7 Å². The Hall–Kier alpha value is -1.33. The Morgan fingerprint density at radius 2 is 2.18 bits per heavy atom. The standard InChI is InChI=1S/C12H14BrN3O/c1-17-10-5-3-2-4-8(10)11-9(6-7-14)15-12(13)16-11/h2-5H,6-7,14H2,1H3,(H,15,16). The molecule has 5 heteroatoms. The van der Waals surface area contributed by atoms with Gasteiger partial charge in [-0.2, -0.15) is 0 Å². The number of para-hydroxylation sites is 1. The highest BCUT2D eigenvalue weighted by molar-refractivity contribution is 9.10. The number of nitrogens with zero attached hydrogens (tertiary/aromatic N) is 1. The molecule has 17 heavy (non-hydrogen) atoms. The van der Waals surface area contributed by atoms with Gasteiger partial charge in [-0.1, -0.05) is 12.1 Å². The summed E-state index contributed by atoms with van der Waals surface area (Å²) in [6.07, 6.45) is 0.756. The first-order valence-corrected chi connectivity index (χ1v) is 6.13. The number of methoxy groups -OCH3 is 1. The molecule has 0 saturated heterocycles. The molecule has 0 unspecified atom stereocenters. The van der Waals surface area contributed by atoms with E-state index >= 15 is 0 Å². The third-order valence-electron chi connectivity index (χ3n) is 2.51. The molecule has 2 aromatic rings. The number of nitrogens with two attached hydrogens (primary N) is 1. The lowest BCUT2D eigenvalue weighted by Crippen LogP contribution is -2.04. The second-order valence-electron chi connectivity index (χ2n) is 3.59. The molecule has 90 valence electrons. The van der Waals surface area contributed by atoms with Gasteiger partial charge in [-0.3, -0.25) is 0 Å². The van der Waals surface area contributed by atoms with Gasteiger partial charge in [0, 0.05) is 17.7 Å². The van der Waals surface area contributed by atoms with Crippen LogP contribution in [0.3, 0.4) is 0 Å². The van der Waals surface area contributed by atoms with Crippen molar-refractivity contribution in [2.45, 2.75) is 6.42 Å². The second kappa shape index (κ2) is 5.33. The minimum atomic E-state index is 0.580. The van der Waals surface area contributed by atoms with E-state index in [0.717, 1.165) is 29.1 Å². The third-order valence-corrected chi connectivity index (χ3v) is 2.88. The van der Waals surface area contributed by atoms with Crippen LogP contribution in [0.2, 0.25) is 0 Å². The molecule has 0 bridgehead atoms. The van der Waals surface area contributed by atoms with Crippen LogP contribution < -0.4 is 10.5 Å². The molecule has 0 amide bonds. The van der Waals surface area contributed by atoms with Gasteiger partial charge in [0.1, 0.15) is 5.75 Å². The van der Waals surface area contributed by atoms with Gasteiger partial charge in [-0.05, 0) is 34.6 Å². The Labute approximate surface area is 108 Å². The molecular formula is C12H14BrN3O. The average molecular weight is 296 g/mol. The van der Waals surface area contributed by atoms with E-state index in [4.69, 9.17) is 10.5 Å². The number of benzene rings is 1.